The average Bonchev–Trinajstić information content (AvgIpc) is 3.12. The van der Waals surface area contributed by atoms with Gasteiger partial charge in [-0.05, 0) is 43.5 Å². The number of aromatic nitrogens is 2. The molecule has 1 saturated heterocycles. The Labute approximate surface area is 209 Å². The fraction of sp³-hybridized carbons (Fsp3) is 0.308. The van der Waals surface area contributed by atoms with Gasteiger partial charge in [-0.3, -0.25) is 18.9 Å². The number of pyridine rings is 1. The van der Waals surface area contributed by atoms with E-state index < -0.39 is 0 Å². The predicted octanol–water partition coefficient (Wildman–Crippen LogP) is 5.57. The molecule has 6 nitrogen and oxygen atoms in total. The number of benzene rings is 1. The van der Waals surface area contributed by atoms with Crippen molar-refractivity contribution in [1.82, 2.24) is 14.3 Å². The summed E-state index contributed by atoms with van der Waals surface area (Å²) in [5.41, 5.74) is 2.67. The number of anilines is 1. The summed E-state index contributed by atoms with van der Waals surface area (Å²) in [5.74, 6) is 0.300. The van der Waals surface area contributed by atoms with E-state index in [2.05, 4.69) is 12.2 Å². The van der Waals surface area contributed by atoms with Crippen LogP contribution in [0.1, 0.15) is 55.8 Å². The predicted molar refractivity (Wildman–Crippen MR) is 144 cm³/mol. The summed E-state index contributed by atoms with van der Waals surface area (Å²) in [7, 11) is 0. The number of amides is 1. The lowest BCUT2D eigenvalue weighted by Crippen LogP contribution is -2.31. The number of hydrogen-bond acceptors (Lipinski definition) is 6. The van der Waals surface area contributed by atoms with Crippen LogP contribution in [0.4, 0.5) is 5.82 Å². The normalized spacial score (nSPS) is 16.0. The van der Waals surface area contributed by atoms with Gasteiger partial charge in [0.2, 0.25) is 0 Å². The number of nitrogens with zero attached hydrogens (tertiary/aromatic N) is 3. The van der Waals surface area contributed by atoms with Gasteiger partial charge in [0.1, 0.15) is 15.8 Å². The number of nitrogens with one attached hydrogen (secondary N) is 1. The SMILES string of the molecule is CCCCCNc1nc2c(C)cccn2c(=O)c1C=C1SC(=S)N(C(C)c2ccccc2)C1=O. The zero-order chi connectivity index (χ0) is 24.2. The Bertz CT molecular complexity index is 1320. The largest absolute Gasteiger partial charge is 0.369 e. The van der Waals surface area contributed by atoms with Crippen LogP contribution in [0.2, 0.25) is 0 Å². The average molecular weight is 493 g/mol. The highest BCUT2D eigenvalue weighted by molar-refractivity contribution is 8.26. The molecule has 1 fully saturated rings. The molecule has 8 heteroatoms. The van der Waals surface area contributed by atoms with Gasteiger partial charge < -0.3 is 5.32 Å². The first-order valence-electron chi connectivity index (χ1n) is 11.5. The molecule has 4 rings (SSSR count). The van der Waals surface area contributed by atoms with Gasteiger partial charge in [-0.1, -0.05) is 80.1 Å². The summed E-state index contributed by atoms with van der Waals surface area (Å²) < 4.78 is 2.01. The minimum Gasteiger partial charge on any atom is -0.369 e. The molecule has 1 unspecified atom stereocenters. The molecule has 34 heavy (non-hydrogen) atoms. The Morgan fingerprint density at radius 2 is 1.91 bits per heavy atom. The maximum Gasteiger partial charge on any atom is 0.267 e. The van der Waals surface area contributed by atoms with Crippen LogP contribution >= 0.6 is 24.0 Å². The van der Waals surface area contributed by atoms with Crippen LogP contribution in [-0.4, -0.2) is 31.1 Å². The minimum atomic E-state index is -0.215. The van der Waals surface area contributed by atoms with Crippen molar-refractivity contribution < 1.29 is 4.79 Å². The van der Waals surface area contributed by atoms with Crippen molar-refractivity contribution >= 4 is 51.7 Å². The van der Waals surface area contributed by atoms with Crippen LogP contribution in [0.5, 0.6) is 0 Å². The van der Waals surface area contributed by atoms with E-state index in [9.17, 15) is 9.59 Å². The van der Waals surface area contributed by atoms with Crippen LogP contribution < -0.4 is 10.9 Å². The molecular formula is C26H28N4O2S2. The van der Waals surface area contributed by atoms with Gasteiger partial charge in [0.25, 0.3) is 11.5 Å². The molecule has 1 aliphatic heterocycles. The van der Waals surface area contributed by atoms with Crippen molar-refractivity contribution in [3.8, 4) is 0 Å². The zero-order valence-electron chi connectivity index (χ0n) is 19.6. The van der Waals surface area contributed by atoms with E-state index in [1.165, 1.54) is 16.2 Å². The molecule has 0 spiro atoms. The van der Waals surface area contributed by atoms with Gasteiger partial charge in [-0.25, -0.2) is 4.98 Å². The van der Waals surface area contributed by atoms with Crippen molar-refractivity contribution in [2.45, 2.75) is 46.1 Å². The maximum atomic E-state index is 13.5. The summed E-state index contributed by atoms with van der Waals surface area (Å²) in [6, 6.07) is 13.3. The van der Waals surface area contributed by atoms with Gasteiger partial charge in [-0.2, -0.15) is 0 Å². The van der Waals surface area contributed by atoms with E-state index in [1.54, 1.807) is 17.2 Å². The van der Waals surface area contributed by atoms with Crippen LogP contribution in [0.3, 0.4) is 0 Å². The molecule has 0 bridgehead atoms. The number of carbonyl (C=O) groups excluding carboxylic acids is 1. The third-order valence-corrected chi connectivity index (χ3v) is 7.26. The topological polar surface area (TPSA) is 66.7 Å². The smallest absolute Gasteiger partial charge is 0.267 e. The summed E-state index contributed by atoms with van der Waals surface area (Å²) >= 11 is 6.78. The first kappa shape index (κ1) is 24.2. The number of rotatable bonds is 8. The zero-order valence-corrected chi connectivity index (χ0v) is 21.2. The minimum absolute atomic E-state index is 0.197. The van der Waals surface area contributed by atoms with Gasteiger partial charge in [-0.15, -0.1) is 0 Å². The second kappa shape index (κ2) is 10.5. The van der Waals surface area contributed by atoms with E-state index in [0.29, 0.717) is 32.8 Å². The van der Waals surface area contributed by atoms with Gasteiger partial charge >= 0.3 is 0 Å². The third-order valence-electron chi connectivity index (χ3n) is 5.93. The number of thiocarbonyl (C=S) groups is 1. The standard InChI is InChI=1S/C26H28N4O2S2/c1-4-5-9-14-27-22-20(24(31)29-15-10-11-17(2)23(29)28-22)16-21-25(32)30(26(33)34-21)18(3)19-12-7-6-8-13-19/h6-8,10-13,15-16,18,27H,4-5,9,14H2,1-3H3. The van der Waals surface area contributed by atoms with Crippen molar-refractivity contribution in [1.29, 1.82) is 0 Å². The highest BCUT2D eigenvalue weighted by atomic mass is 32.2. The van der Waals surface area contributed by atoms with E-state index in [1.807, 2.05) is 56.3 Å². The summed E-state index contributed by atoms with van der Waals surface area (Å²) in [6.07, 6.45) is 6.51. The van der Waals surface area contributed by atoms with Crippen molar-refractivity contribution in [3.05, 3.63) is 80.6 Å². The molecule has 1 atom stereocenters. The molecule has 3 heterocycles. The highest BCUT2D eigenvalue weighted by Gasteiger charge is 2.36. The Balaban J connectivity index is 1.74. The third kappa shape index (κ3) is 4.79. The number of fused-ring (bicyclic) bond motifs is 1. The lowest BCUT2D eigenvalue weighted by molar-refractivity contribution is -0.123. The maximum absolute atomic E-state index is 13.5. The molecule has 1 amide bonds. The second-order valence-corrected chi connectivity index (χ2v) is 10.0. The molecule has 1 aromatic carbocycles. The Morgan fingerprint density at radius 1 is 1.15 bits per heavy atom. The lowest BCUT2D eigenvalue weighted by Gasteiger charge is -2.23. The summed E-state index contributed by atoms with van der Waals surface area (Å²) in [6.45, 7) is 6.74. The molecule has 0 radical (unpaired) electrons. The second-order valence-electron chi connectivity index (χ2n) is 8.34. The molecule has 3 aromatic rings. The first-order chi connectivity index (χ1) is 16.4. The van der Waals surface area contributed by atoms with E-state index in [0.717, 1.165) is 30.4 Å². The lowest BCUT2D eigenvalue weighted by atomic mass is 10.1. The van der Waals surface area contributed by atoms with Crippen LogP contribution in [0.25, 0.3) is 11.7 Å². The highest BCUT2D eigenvalue weighted by Crippen LogP contribution is 2.38. The molecule has 0 saturated carbocycles. The molecule has 176 valence electrons. The summed E-state index contributed by atoms with van der Waals surface area (Å²) in [5, 5.41) is 3.33. The molecule has 1 aliphatic rings. The van der Waals surface area contributed by atoms with Gasteiger partial charge in [0.05, 0.1) is 16.5 Å². The van der Waals surface area contributed by atoms with Gasteiger partial charge in [0, 0.05) is 12.7 Å². The molecule has 0 aliphatic carbocycles. The Hall–Kier alpha value is -2.97. The van der Waals surface area contributed by atoms with E-state index >= 15 is 0 Å². The Kier molecular flexibility index (Phi) is 7.48. The number of unbranched alkanes of at least 4 members (excludes halogenated alkanes) is 2. The van der Waals surface area contributed by atoms with E-state index in [-0.39, 0.29) is 17.5 Å². The van der Waals surface area contributed by atoms with Crippen LogP contribution in [0.15, 0.2) is 58.4 Å². The van der Waals surface area contributed by atoms with Gasteiger partial charge in [0.15, 0.2) is 0 Å². The number of aryl methyl sites for hydroxylation is 1. The van der Waals surface area contributed by atoms with Crippen LogP contribution in [0, 0.1) is 6.92 Å². The fourth-order valence-electron chi connectivity index (χ4n) is 3.98. The van der Waals surface area contributed by atoms with Crippen molar-refractivity contribution in [3.63, 3.8) is 0 Å². The number of hydrogen-bond donors (Lipinski definition) is 1. The number of thioether (sulfide) groups is 1. The fourth-order valence-corrected chi connectivity index (χ4v) is 5.38. The molecule has 2 aromatic heterocycles. The van der Waals surface area contributed by atoms with Crippen molar-refractivity contribution in [2.24, 2.45) is 0 Å². The molecule has 1 N–H and O–H groups in total. The quantitative estimate of drug-likeness (QED) is 0.252. The monoisotopic (exact) mass is 492 g/mol. The van der Waals surface area contributed by atoms with Crippen molar-refractivity contribution in [2.75, 3.05) is 11.9 Å². The molecular weight excluding hydrogens is 464 g/mol. The Morgan fingerprint density at radius 3 is 2.65 bits per heavy atom. The summed E-state index contributed by atoms with van der Waals surface area (Å²) in [4.78, 5) is 33.7. The first-order valence-corrected chi connectivity index (χ1v) is 12.7. The van der Waals surface area contributed by atoms with E-state index in [4.69, 9.17) is 17.2 Å². The van der Waals surface area contributed by atoms with Crippen LogP contribution in [-0.2, 0) is 4.79 Å². The number of carbonyl (C=O) groups is 1.